The van der Waals surface area contributed by atoms with Crippen LogP contribution < -0.4 is 10.5 Å². The van der Waals surface area contributed by atoms with Gasteiger partial charge in [0.1, 0.15) is 12.2 Å². The molecule has 1 amide bonds. The number of hydrogen-bond donors (Lipinski definition) is 0. The Hall–Kier alpha value is -2.38. The van der Waals surface area contributed by atoms with E-state index in [0.29, 0.717) is 17.5 Å². The maximum Gasteiger partial charge on any atom is 0.267 e. The third-order valence-electron chi connectivity index (χ3n) is 4.69. The Kier molecular flexibility index (Phi) is 5.37. The van der Waals surface area contributed by atoms with Crippen molar-refractivity contribution in [1.29, 1.82) is 0 Å². The summed E-state index contributed by atoms with van der Waals surface area (Å²) in [5.74, 6) is -0.115. The molecule has 3 aromatic rings. The summed E-state index contributed by atoms with van der Waals surface area (Å²) in [7, 11) is 0. The molecule has 5 nitrogen and oxygen atoms in total. The van der Waals surface area contributed by atoms with Gasteiger partial charge in [0.15, 0.2) is 0 Å². The molecule has 0 spiro atoms. The van der Waals surface area contributed by atoms with Crippen molar-refractivity contribution in [1.82, 2.24) is 9.78 Å². The number of benzene rings is 1. The van der Waals surface area contributed by atoms with Crippen LogP contribution in [-0.2, 0) is 11.3 Å². The lowest BCUT2D eigenvalue weighted by Gasteiger charge is -2.22. The van der Waals surface area contributed by atoms with Gasteiger partial charge >= 0.3 is 0 Å². The number of thioether (sulfide) groups is 1. The minimum Gasteiger partial charge on any atom is -0.310 e. The van der Waals surface area contributed by atoms with Gasteiger partial charge in [-0.3, -0.25) is 9.59 Å². The van der Waals surface area contributed by atoms with Gasteiger partial charge in [0, 0.05) is 27.6 Å². The van der Waals surface area contributed by atoms with E-state index in [1.54, 1.807) is 34.1 Å². The van der Waals surface area contributed by atoms with E-state index in [1.165, 1.54) is 15.6 Å². The Morgan fingerprint density at radius 2 is 2.00 bits per heavy atom. The third-order valence-corrected chi connectivity index (χ3v) is 6.95. The number of anilines is 1. The zero-order valence-corrected chi connectivity index (χ0v) is 17.4. The lowest BCUT2D eigenvalue weighted by Crippen LogP contribution is -2.38. The smallest absolute Gasteiger partial charge is 0.267 e. The van der Waals surface area contributed by atoms with E-state index in [2.05, 4.69) is 12.0 Å². The zero-order chi connectivity index (χ0) is 19.7. The summed E-state index contributed by atoms with van der Waals surface area (Å²) in [6.07, 6.45) is 0.905. The maximum absolute atomic E-state index is 13.1. The number of fused-ring (bicyclic) bond motifs is 1. The second kappa shape index (κ2) is 7.93. The molecule has 1 atom stereocenters. The van der Waals surface area contributed by atoms with Crippen molar-refractivity contribution in [2.45, 2.75) is 37.0 Å². The van der Waals surface area contributed by atoms with Crippen LogP contribution in [0, 0.1) is 6.92 Å². The van der Waals surface area contributed by atoms with E-state index >= 15 is 0 Å². The number of amides is 1. The Balaban J connectivity index is 1.63. The Bertz CT molecular complexity index is 1070. The quantitative estimate of drug-likeness (QED) is 0.648. The summed E-state index contributed by atoms with van der Waals surface area (Å²) in [6.45, 7) is 4.78. The average molecular weight is 412 g/mol. The van der Waals surface area contributed by atoms with Crippen LogP contribution in [0.1, 0.15) is 18.2 Å². The summed E-state index contributed by atoms with van der Waals surface area (Å²) < 4.78 is 1.27. The Labute approximate surface area is 172 Å². The van der Waals surface area contributed by atoms with E-state index in [-0.39, 0.29) is 18.0 Å². The molecule has 0 radical (unpaired) electrons. The SMILES string of the molecule is Cc1ccc(-c2ccc(=O)n(CC(=O)N3CCC(C)Sc4ccccc43)n2)s1. The fraction of sp³-hybridized carbons (Fsp3) is 0.286. The van der Waals surface area contributed by atoms with Crippen molar-refractivity contribution in [3.63, 3.8) is 0 Å². The van der Waals surface area contributed by atoms with Crippen molar-refractivity contribution in [2.75, 3.05) is 11.4 Å². The van der Waals surface area contributed by atoms with Crippen LogP contribution in [-0.4, -0.2) is 27.5 Å². The van der Waals surface area contributed by atoms with Gasteiger partial charge in [0.2, 0.25) is 5.91 Å². The van der Waals surface area contributed by atoms with Gasteiger partial charge in [-0.25, -0.2) is 4.68 Å². The predicted octanol–water partition coefficient (Wildman–Crippen LogP) is 4.20. The molecule has 0 saturated heterocycles. The highest BCUT2D eigenvalue weighted by atomic mass is 32.2. The summed E-state index contributed by atoms with van der Waals surface area (Å²) in [6, 6.07) is 15.2. The minimum absolute atomic E-state index is 0.0651. The molecule has 1 unspecified atom stereocenters. The number of carbonyl (C=O) groups is 1. The summed E-state index contributed by atoms with van der Waals surface area (Å²) >= 11 is 3.41. The van der Waals surface area contributed by atoms with Crippen molar-refractivity contribution in [3.05, 3.63) is 63.8 Å². The molecule has 1 aromatic carbocycles. The van der Waals surface area contributed by atoms with Crippen LogP contribution in [0.4, 0.5) is 5.69 Å². The van der Waals surface area contributed by atoms with Crippen LogP contribution in [0.5, 0.6) is 0 Å². The molecular formula is C21H21N3O2S2. The van der Waals surface area contributed by atoms with Crippen molar-refractivity contribution in [2.24, 2.45) is 0 Å². The Morgan fingerprint density at radius 1 is 1.18 bits per heavy atom. The number of para-hydroxylation sites is 1. The lowest BCUT2D eigenvalue weighted by molar-refractivity contribution is -0.119. The molecule has 7 heteroatoms. The number of nitrogens with zero attached hydrogens (tertiary/aromatic N) is 3. The largest absolute Gasteiger partial charge is 0.310 e. The third kappa shape index (κ3) is 3.91. The van der Waals surface area contributed by atoms with Crippen LogP contribution in [0.15, 0.2) is 58.2 Å². The monoisotopic (exact) mass is 411 g/mol. The number of rotatable bonds is 3. The maximum atomic E-state index is 13.1. The standard InChI is InChI=1S/C21H21N3O2S2/c1-14-7-9-18(27-14)16-8-10-20(25)24(22-16)13-21(26)23-12-11-15(2)28-19-6-4-3-5-17(19)23/h3-10,15H,11-13H2,1-2H3. The minimum atomic E-state index is -0.267. The van der Waals surface area contributed by atoms with E-state index in [1.807, 2.05) is 43.3 Å². The van der Waals surface area contributed by atoms with Gasteiger partial charge in [-0.05, 0) is 43.7 Å². The highest BCUT2D eigenvalue weighted by Crippen LogP contribution is 2.37. The number of aromatic nitrogens is 2. The molecule has 1 aliphatic heterocycles. The second-order valence-corrected chi connectivity index (χ2v) is 9.62. The fourth-order valence-corrected chi connectivity index (χ4v) is 5.17. The molecule has 28 heavy (non-hydrogen) atoms. The lowest BCUT2D eigenvalue weighted by atomic mass is 10.2. The molecule has 2 aromatic heterocycles. The van der Waals surface area contributed by atoms with Crippen LogP contribution in [0.25, 0.3) is 10.6 Å². The molecule has 1 aliphatic rings. The average Bonchev–Trinajstić information content (AvgIpc) is 3.03. The fourth-order valence-electron chi connectivity index (χ4n) is 3.23. The molecule has 0 saturated carbocycles. The normalized spacial score (nSPS) is 16.5. The summed E-state index contributed by atoms with van der Waals surface area (Å²) in [4.78, 5) is 30.5. The van der Waals surface area contributed by atoms with Crippen molar-refractivity contribution < 1.29 is 4.79 Å². The molecule has 0 fully saturated rings. The highest BCUT2D eigenvalue weighted by molar-refractivity contribution is 8.00. The molecule has 0 aliphatic carbocycles. The molecule has 4 rings (SSSR count). The van der Waals surface area contributed by atoms with Gasteiger partial charge in [-0.15, -0.1) is 23.1 Å². The van der Waals surface area contributed by atoms with Gasteiger partial charge in [-0.1, -0.05) is 19.1 Å². The first-order chi connectivity index (χ1) is 13.5. The molecular weight excluding hydrogens is 390 g/mol. The molecule has 0 N–H and O–H groups in total. The van der Waals surface area contributed by atoms with E-state index < -0.39 is 0 Å². The van der Waals surface area contributed by atoms with E-state index in [0.717, 1.165) is 21.9 Å². The highest BCUT2D eigenvalue weighted by Gasteiger charge is 2.24. The number of thiophene rings is 1. The number of carbonyl (C=O) groups excluding carboxylic acids is 1. The van der Waals surface area contributed by atoms with Gasteiger partial charge in [0.25, 0.3) is 5.56 Å². The van der Waals surface area contributed by atoms with Crippen molar-refractivity contribution in [3.8, 4) is 10.6 Å². The second-order valence-electron chi connectivity index (χ2n) is 6.86. The van der Waals surface area contributed by atoms with Gasteiger partial charge in [0.05, 0.1) is 10.6 Å². The van der Waals surface area contributed by atoms with Crippen LogP contribution in [0.3, 0.4) is 0 Å². The first kappa shape index (κ1) is 19.0. The topological polar surface area (TPSA) is 55.2 Å². The molecule has 3 heterocycles. The zero-order valence-electron chi connectivity index (χ0n) is 15.8. The van der Waals surface area contributed by atoms with E-state index in [4.69, 9.17) is 0 Å². The van der Waals surface area contributed by atoms with Crippen LogP contribution in [0.2, 0.25) is 0 Å². The van der Waals surface area contributed by atoms with E-state index in [9.17, 15) is 9.59 Å². The summed E-state index contributed by atoms with van der Waals surface area (Å²) in [5, 5.41) is 4.88. The first-order valence-corrected chi connectivity index (χ1v) is 10.9. The molecule has 0 bridgehead atoms. The number of aryl methyl sites for hydroxylation is 1. The van der Waals surface area contributed by atoms with Crippen molar-refractivity contribution >= 4 is 34.7 Å². The van der Waals surface area contributed by atoms with Gasteiger partial charge in [-0.2, -0.15) is 5.10 Å². The van der Waals surface area contributed by atoms with Crippen LogP contribution >= 0.6 is 23.1 Å². The predicted molar refractivity (Wildman–Crippen MR) is 115 cm³/mol. The van der Waals surface area contributed by atoms with Gasteiger partial charge < -0.3 is 4.90 Å². The first-order valence-electron chi connectivity index (χ1n) is 9.22. The molecule has 144 valence electrons. The summed E-state index contributed by atoms with van der Waals surface area (Å²) in [5.41, 5.74) is 1.36. The number of hydrogen-bond acceptors (Lipinski definition) is 5. The Morgan fingerprint density at radius 3 is 2.79 bits per heavy atom.